The molecule has 0 N–H and O–H groups in total. The van der Waals surface area contributed by atoms with Gasteiger partial charge in [-0.3, -0.25) is 0 Å². The van der Waals surface area contributed by atoms with E-state index in [2.05, 4.69) is 146 Å². The zero-order valence-corrected chi connectivity index (χ0v) is 22.8. The van der Waals surface area contributed by atoms with Gasteiger partial charge in [0.15, 0.2) is 0 Å². The molecule has 0 spiro atoms. The van der Waals surface area contributed by atoms with Gasteiger partial charge in [0.2, 0.25) is 0 Å². The molecule has 34 heavy (non-hydrogen) atoms. The average molecular weight is 584 g/mol. The molecule has 0 amide bonds. The van der Waals surface area contributed by atoms with Gasteiger partial charge in [0.1, 0.15) is 4.36 Å². The summed E-state index contributed by atoms with van der Waals surface area (Å²) < 4.78 is -0.542. The summed E-state index contributed by atoms with van der Waals surface area (Å²) in [5.74, 6) is 0.122. The summed E-state index contributed by atoms with van der Waals surface area (Å²) in [6.45, 7) is 0. The van der Waals surface area contributed by atoms with Crippen molar-refractivity contribution in [3.05, 3.63) is 146 Å². The van der Waals surface area contributed by atoms with Gasteiger partial charge in [-0.05, 0) is 37.1 Å². The van der Waals surface area contributed by atoms with Crippen LogP contribution in [0.2, 0.25) is 0 Å². The van der Waals surface area contributed by atoms with Gasteiger partial charge in [-0.15, -0.1) is 11.6 Å². The molecule has 1 aliphatic carbocycles. The van der Waals surface area contributed by atoms with Gasteiger partial charge in [-0.2, -0.15) is 0 Å². The fourth-order valence-electron chi connectivity index (χ4n) is 4.41. The van der Waals surface area contributed by atoms with Crippen molar-refractivity contribution < 1.29 is 19.5 Å². The van der Waals surface area contributed by atoms with Gasteiger partial charge in [0, 0.05) is 5.92 Å². The summed E-state index contributed by atoms with van der Waals surface area (Å²) in [5, 5.41) is 5.23. The summed E-state index contributed by atoms with van der Waals surface area (Å²) in [6.07, 6.45) is 8.87. The van der Waals surface area contributed by atoms with Crippen LogP contribution >= 0.6 is 27.4 Å². The third kappa shape index (κ3) is 5.05. The second-order valence-electron chi connectivity index (χ2n) is 7.94. The maximum absolute atomic E-state index is 8.17. The van der Waals surface area contributed by atoms with Crippen LogP contribution in [0.25, 0.3) is 0 Å². The molecule has 0 saturated carbocycles. The maximum Gasteiger partial charge on any atom is 2.00 e. The van der Waals surface area contributed by atoms with Crippen molar-refractivity contribution in [3.8, 4) is 0 Å². The zero-order chi connectivity index (χ0) is 22.5. The van der Waals surface area contributed by atoms with E-state index in [9.17, 15) is 0 Å². The molecule has 0 radical (unpaired) electrons. The monoisotopic (exact) mass is 584 g/mol. The van der Waals surface area contributed by atoms with E-state index in [1.54, 1.807) is 0 Å². The van der Waals surface area contributed by atoms with E-state index >= 15 is 0 Å². The number of allylic oxidation sites excluding steroid dienone is 4. The van der Waals surface area contributed by atoms with Crippen LogP contribution in [0, 0.1) is 5.92 Å². The molecule has 1 aliphatic rings. The molecule has 4 aromatic rings. The topological polar surface area (TPSA) is 0 Å². The van der Waals surface area contributed by atoms with Crippen LogP contribution in [0.5, 0.6) is 0 Å². The quantitative estimate of drug-likeness (QED) is 0.126. The van der Waals surface area contributed by atoms with Crippen molar-refractivity contribution in [1.82, 2.24) is 0 Å². The Hall–Kier alpha value is -1.87. The number of halogens is 1. The Labute approximate surface area is 223 Å². The predicted molar refractivity (Wildman–Crippen MR) is 148 cm³/mol. The van der Waals surface area contributed by atoms with Gasteiger partial charge < -0.3 is 0 Å². The SMILES string of the molecule is ClC(C1C=CC=C1)(P(c1ccccc1)c1ccccc1)P(c1ccccc1)c1ccccc1.[Ru+2]. The van der Waals surface area contributed by atoms with Crippen LogP contribution in [0.4, 0.5) is 0 Å². The number of alkyl halides is 1. The molecule has 168 valence electrons. The Morgan fingerprint density at radius 2 is 0.735 bits per heavy atom. The number of rotatable bonds is 7. The Kier molecular flexibility index (Phi) is 8.69. The normalized spacial score (nSPS) is 13.4. The van der Waals surface area contributed by atoms with Crippen LogP contribution in [0.3, 0.4) is 0 Å². The molecule has 0 aromatic heterocycles. The minimum Gasteiger partial charge on any atom is -0.107 e. The molecule has 0 nitrogen and oxygen atoms in total. The van der Waals surface area contributed by atoms with Gasteiger partial charge >= 0.3 is 19.5 Å². The first kappa shape index (κ1) is 25.2. The summed E-state index contributed by atoms with van der Waals surface area (Å²) in [7, 11) is -1.80. The molecule has 0 fully saturated rings. The zero-order valence-electron chi connectivity index (χ0n) is 18.6. The van der Waals surface area contributed by atoms with Crippen molar-refractivity contribution >= 4 is 48.7 Å². The third-order valence-electron chi connectivity index (χ3n) is 5.86. The van der Waals surface area contributed by atoms with Crippen molar-refractivity contribution in [2.24, 2.45) is 5.92 Å². The van der Waals surface area contributed by atoms with Crippen LogP contribution < -0.4 is 21.2 Å². The Bertz CT molecular complexity index is 1050. The molecule has 0 unspecified atom stereocenters. The van der Waals surface area contributed by atoms with Crippen molar-refractivity contribution in [2.75, 3.05) is 0 Å². The van der Waals surface area contributed by atoms with Crippen molar-refractivity contribution in [3.63, 3.8) is 0 Å². The van der Waals surface area contributed by atoms with Crippen LogP contribution in [-0.4, -0.2) is 4.36 Å². The number of benzene rings is 4. The molecule has 0 bridgehead atoms. The van der Waals surface area contributed by atoms with E-state index in [-0.39, 0.29) is 25.4 Å². The van der Waals surface area contributed by atoms with E-state index in [1.807, 2.05) is 0 Å². The van der Waals surface area contributed by atoms with E-state index in [1.165, 1.54) is 21.2 Å². The molecule has 0 aliphatic heterocycles. The van der Waals surface area contributed by atoms with Gasteiger partial charge in [-0.1, -0.05) is 146 Å². The van der Waals surface area contributed by atoms with E-state index < -0.39 is 20.2 Å². The molecule has 4 heteroatoms. The summed E-state index contributed by atoms with van der Waals surface area (Å²) >= 11 is 8.17. The van der Waals surface area contributed by atoms with Crippen molar-refractivity contribution in [1.29, 1.82) is 0 Å². The molecular formula is C30H25ClP2Ru+2. The summed E-state index contributed by atoms with van der Waals surface area (Å²) in [4.78, 5) is 0. The Morgan fingerprint density at radius 1 is 0.471 bits per heavy atom. The van der Waals surface area contributed by atoms with Gasteiger partial charge in [-0.25, -0.2) is 0 Å². The standard InChI is InChI=1S/C30H25ClP2.Ru/c31-30(25-15-13-14-16-25,32(26-17-5-1-6-18-26)27-19-7-2-8-20-27)33(28-21-9-3-10-22-28)29-23-11-4-12-24-29;/h1-25H;/q;+2. The molecule has 4 aromatic carbocycles. The van der Waals surface area contributed by atoms with Crippen LogP contribution in [0.15, 0.2) is 146 Å². The van der Waals surface area contributed by atoms with Crippen molar-refractivity contribution in [2.45, 2.75) is 4.36 Å². The average Bonchev–Trinajstić information content (AvgIpc) is 3.43. The molecule has 0 heterocycles. The molecule has 0 atom stereocenters. The van der Waals surface area contributed by atoms with Gasteiger partial charge in [0.25, 0.3) is 0 Å². The smallest absolute Gasteiger partial charge is 0.107 e. The first-order valence-corrected chi connectivity index (χ1v) is 14.2. The third-order valence-corrected chi connectivity index (χ3v) is 13.4. The maximum atomic E-state index is 8.17. The fourth-order valence-corrected chi connectivity index (χ4v) is 12.8. The minimum atomic E-state index is -0.902. The van der Waals surface area contributed by atoms with Crippen LogP contribution in [0.1, 0.15) is 0 Å². The summed E-state index contributed by atoms with van der Waals surface area (Å²) in [6, 6.07) is 43.5. The Morgan fingerprint density at radius 3 is 1.00 bits per heavy atom. The minimum absolute atomic E-state index is 0. The Balaban J connectivity index is 0.00000274. The second-order valence-corrected chi connectivity index (χ2v) is 14.2. The first-order chi connectivity index (χ1) is 16.3. The number of hydrogen-bond donors (Lipinski definition) is 0. The van der Waals surface area contributed by atoms with E-state index in [0.717, 1.165) is 0 Å². The van der Waals surface area contributed by atoms with Gasteiger partial charge in [0.05, 0.1) is 0 Å². The summed E-state index contributed by atoms with van der Waals surface area (Å²) in [5.41, 5.74) is 0. The molecule has 5 rings (SSSR count). The van der Waals surface area contributed by atoms with Crippen LogP contribution in [-0.2, 0) is 19.5 Å². The fraction of sp³-hybridized carbons (Fsp3) is 0.0667. The number of hydrogen-bond acceptors (Lipinski definition) is 0. The van der Waals surface area contributed by atoms with E-state index in [4.69, 9.17) is 11.6 Å². The van der Waals surface area contributed by atoms with E-state index in [0.29, 0.717) is 0 Å². The largest absolute Gasteiger partial charge is 2.00 e. The first-order valence-electron chi connectivity index (χ1n) is 11.1. The molecular weight excluding hydrogens is 559 g/mol. The molecule has 0 saturated heterocycles. The predicted octanol–water partition coefficient (Wildman–Crippen LogP) is 6.88. The second kappa shape index (κ2) is 11.7.